The monoisotopic (exact) mass is 282 g/mol. The zero-order valence-electron chi connectivity index (χ0n) is 13.7. The van der Waals surface area contributed by atoms with Gasteiger partial charge in [-0.2, -0.15) is 0 Å². The maximum Gasteiger partial charge on any atom is 0.302 e. The van der Waals surface area contributed by atoms with Crippen LogP contribution in [0.3, 0.4) is 0 Å². The third-order valence-corrected chi connectivity index (χ3v) is 5.38. The molecule has 0 aliphatic heterocycles. The molecule has 0 amide bonds. The van der Waals surface area contributed by atoms with Gasteiger partial charge in [0.05, 0.1) is 6.10 Å². The molecule has 2 atom stereocenters. The van der Waals surface area contributed by atoms with Crippen LogP contribution in [0.4, 0.5) is 0 Å². The lowest BCUT2D eigenvalue weighted by Gasteiger charge is -2.40. The van der Waals surface area contributed by atoms with Crippen LogP contribution in [0.5, 0.6) is 0 Å². The molecule has 116 valence electrons. The van der Waals surface area contributed by atoms with Crippen molar-refractivity contribution in [3.63, 3.8) is 0 Å². The molecule has 0 aromatic carbocycles. The summed E-state index contributed by atoms with van der Waals surface area (Å²) in [5, 5.41) is 10.1. The molecule has 1 saturated carbocycles. The van der Waals surface area contributed by atoms with Crippen molar-refractivity contribution in [3.8, 4) is 0 Å². The molecule has 0 spiro atoms. The molecule has 1 fully saturated rings. The molecular weight excluding hydrogens is 252 g/mol. The second kappa shape index (κ2) is 6.75. The largest absolute Gasteiger partial charge is 0.462 e. The van der Waals surface area contributed by atoms with E-state index in [0.717, 1.165) is 32.1 Å². The molecule has 3 heteroatoms. The Balaban J connectivity index is 2.39. The van der Waals surface area contributed by atoms with E-state index in [2.05, 4.69) is 27.7 Å². The molecule has 0 unspecified atom stereocenters. The molecule has 1 N–H and O–H groups in total. The van der Waals surface area contributed by atoms with Gasteiger partial charge in [-0.25, -0.2) is 0 Å². The molecule has 1 rings (SSSR count). The lowest BCUT2D eigenvalue weighted by atomic mass is 9.66. The van der Waals surface area contributed by atoms with Crippen molar-refractivity contribution >= 4 is 5.97 Å². The molecular formula is C17H30O3. The van der Waals surface area contributed by atoms with Gasteiger partial charge in [-0.05, 0) is 55.9 Å². The summed E-state index contributed by atoms with van der Waals surface area (Å²) in [6.07, 6.45) is 7.13. The highest BCUT2D eigenvalue weighted by molar-refractivity contribution is 5.66. The molecule has 0 aromatic heterocycles. The molecule has 0 aromatic rings. The van der Waals surface area contributed by atoms with E-state index in [1.165, 1.54) is 12.5 Å². The third kappa shape index (κ3) is 4.08. The van der Waals surface area contributed by atoms with Crippen LogP contribution in [0, 0.1) is 10.8 Å². The van der Waals surface area contributed by atoms with Crippen molar-refractivity contribution in [3.05, 3.63) is 11.6 Å². The van der Waals surface area contributed by atoms with Gasteiger partial charge < -0.3 is 9.84 Å². The summed E-state index contributed by atoms with van der Waals surface area (Å²) in [5.41, 5.74) is 1.50. The smallest absolute Gasteiger partial charge is 0.302 e. The summed E-state index contributed by atoms with van der Waals surface area (Å²) >= 11 is 0. The molecule has 0 bridgehead atoms. The average molecular weight is 282 g/mol. The summed E-state index contributed by atoms with van der Waals surface area (Å²) in [5.74, 6) is -0.233. The Labute approximate surface area is 123 Å². The SMILES string of the molecule is CC(=O)OC/C=C(\C)CCC[C@]1(C)CC[C@H](O)C1(C)C. The van der Waals surface area contributed by atoms with Crippen molar-refractivity contribution < 1.29 is 14.6 Å². The van der Waals surface area contributed by atoms with E-state index in [9.17, 15) is 9.90 Å². The Morgan fingerprint density at radius 3 is 2.50 bits per heavy atom. The fraction of sp³-hybridized carbons (Fsp3) is 0.824. The maximum absolute atomic E-state index is 10.7. The average Bonchev–Trinajstić information content (AvgIpc) is 2.53. The van der Waals surface area contributed by atoms with Crippen molar-refractivity contribution in [2.24, 2.45) is 10.8 Å². The van der Waals surface area contributed by atoms with Gasteiger partial charge in [-0.3, -0.25) is 4.79 Å². The number of aliphatic hydroxyl groups is 1. The molecule has 3 nitrogen and oxygen atoms in total. The van der Waals surface area contributed by atoms with E-state index in [-0.39, 0.29) is 22.9 Å². The van der Waals surface area contributed by atoms with Gasteiger partial charge in [0.25, 0.3) is 0 Å². The highest BCUT2D eigenvalue weighted by atomic mass is 16.5. The number of hydrogen-bond donors (Lipinski definition) is 1. The van der Waals surface area contributed by atoms with Crippen molar-refractivity contribution in [2.75, 3.05) is 6.61 Å². The minimum absolute atomic E-state index is 0.00234. The van der Waals surface area contributed by atoms with E-state index in [4.69, 9.17) is 4.74 Å². The fourth-order valence-corrected chi connectivity index (χ4v) is 3.15. The summed E-state index contributed by atoms with van der Waals surface area (Å²) < 4.78 is 4.91. The minimum atomic E-state index is -0.233. The van der Waals surface area contributed by atoms with Crippen LogP contribution < -0.4 is 0 Å². The Bertz CT molecular complexity index is 370. The Hall–Kier alpha value is -0.830. The van der Waals surface area contributed by atoms with Gasteiger partial charge in [-0.15, -0.1) is 0 Å². The summed E-state index contributed by atoms with van der Waals surface area (Å²) in [7, 11) is 0. The first-order valence-corrected chi connectivity index (χ1v) is 7.66. The number of allylic oxidation sites excluding steroid dienone is 1. The molecule has 1 aliphatic carbocycles. The van der Waals surface area contributed by atoms with E-state index in [1.54, 1.807) is 0 Å². The number of ether oxygens (including phenoxy) is 1. The minimum Gasteiger partial charge on any atom is -0.462 e. The van der Waals surface area contributed by atoms with Crippen molar-refractivity contribution in [1.82, 2.24) is 0 Å². The topological polar surface area (TPSA) is 46.5 Å². The van der Waals surface area contributed by atoms with E-state index in [0.29, 0.717) is 6.61 Å². The van der Waals surface area contributed by atoms with Gasteiger partial charge in [0.1, 0.15) is 6.61 Å². The highest BCUT2D eigenvalue weighted by Gasteiger charge is 2.50. The first-order chi connectivity index (χ1) is 9.19. The predicted molar refractivity (Wildman–Crippen MR) is 81.4 cm³/mol. The van der Waals surface area contributed by atoms with E-state index >= 15 is 0 Å². The summed E-state index contributed by atoms with van der Waals surface area (Å²) in [6.45, 7) is 10.6. The van der Waals surface area contributed by atoms with Gasteiger partial charge >= 0.3 is 5.97 Å². The second-order valence-corrected chi connectivity index (χ2v) is 7.04. The number of carbonyl (C=O) groups is 1. The molecule has 1 aliphatic rings. The molecule has 0 radical (unpaired) electrons. The van der Waals surface area contributed by atoms with Crippen molar-refractivity contribution in [2.45, 2.75) is 72.8 Å². The first-order valence-electron chi connectivity index (χ1n) is 7.66. The number of carbonyl (C=O) groups excluding carboxylic acids is 1. The number of rotatable bonds is 6. The zero-order chi connectivity index (χ0) is 15.4. The molecule has 0 saturated heterocycles. The first kappa shape index (κ1) is 17.2. The van der Waals surface area contributed by atoms with Crippen LogP contribution in [0.2, 0.25) is 0 Å². The van der Waals surface area contributed by atoms with Gasteiger partial charge in [0.2, 0.25) is 0 Å². The van der Waals surface area contributed by atoms with Gasteiger partial charge in [0, 0.05) is 6.92 Å². The van der Waals surface area contributed by atoms with Crippen LogP contribution in [-0.4, -0.2) is 23.8 Å². The fourth-order valence-electron chi connectivity index (χ4n) is 3.15. The van der Waals surface area contributed by atoms with Gasteiger partial charge in [0.15, 0.2) is 0 Å². The van der Waals surface area contributed by atoms with Crippen molar-refractivity contribution in [1.29, 1.82) is 0 Å². The maximum atomic E-state index is 10.7. The standard InChI is InChI=1S/C17H30O3/c1-13(9-12-20-14(2)18)7-6-10-17(5)11-8-15(19)16(17,3)4/h9,15,19H,6-8,10-12H2,1-5H3/b13-9+/t15-,17+/m0/s1. The predicted octanol–water partition coefficient (Wildman–Crippen LogP) is 3.85. The highest BCUT2D eigenvalue weighted by Crippen LogP contribution is 2.55. The number of aliphatic hydroxyl groups excluding tert-OH is 1. The second-order valence-electron chi connectivity index (χ2n) is 7.04. The molecule has 0 heterocycles. The van der Waals surface area contributed by atoms with Crippen LogP contribution in [-0.2, 0) is 9.53 Å². The molecule has 20 heavy (non-hydrogen) atoms. The Kier molecular flexibility index (Phi) is 5.81. The summed E-state index contributed by atoms with van der Waals surface area (Å²) in [4.78, 5) is 10.7. The quantitative estimate of drug-likeness (QED) is 0.594. The normalized spacial score (nSPS) is 29.5. The van der Waals surface area contributed by atoms with E-state index in [1.807, 2.05) is 6.08 Å². The lowest BCUT2D eigenvalue weighted by Crippen LogP contribution is -2.36. The summed E-state index contributed by atoms with van der Waals surface area (Å²) in [6, 6.07) is 0. The number of esters is 1. The van der Waals surface area contributed by atoms with Crippen LogP contribution in [0.25, 0.3) is 0 Å². The lowest BCUT2D eigenvalue weighted by molar-refractivity contribution is -0.139. The third-order valence-electron chi connectivity index (χ3n) is 5.38. The van der Waals surface area contributed by atoms with Crippen LogP contribution in [0.1, 0.15) is 66.7 Å². The Morgan fingerprint density at radius 2 is 2.00 bits per heavy atom. The van der Waals surface area contributed by atoms with E-state index < -0.39 is 0 Å². The van der Waals surface area contributed by atoms with Gasteiger partial charge in [-0.1, -0.05) is 26.3 Å². The zero-order valence-corrected chi connectivity index (χ0v) is 13.7. The van der Waals surface area contributed by atoms with Crippen LogP contribution >= 0.6 is 0 Å². The number of hydrogen-bond acceptors (Lipinski definition) is 3. The van der Waals surface area contributed by atoms with Crippen LogP contribution in [0.15, 0.2) is 11.6 Å². The Morgan fingerprint density at radius 1 is 1.35 bits per heavy atom.